The van der Waals surface area contributed by atoms with E-state index in [1.165, 1.54) is 0 Å². The van der Waals surface area contributed by atoms with Crippen molar-refractivity contribution < 1.29 is 59.1 Å². The minimum atomic E-state index is -0.252. The SMILES string of the molecule is C=Cc1cc(OCCO)cc(-c2c(-c3cc(C=C)cc(OCCO)c3)c(-c3cc(C=C)cc(OCCO)c3)c(-c3cc(C=C)cc(OCCO)c3)c(-c3cc(C=C)cc(OCCO)c3)c2-c2cc(C=C)cc(OCCO)c2)c1. The molecule has 0 spiro atoms. The van der Waals surface area contributed by atoms with Crippen LogP contribution in [-0.4, -0.2) is 110 Å². The van der Waals surface area contributed by atoms with E-state index < -0.39 is 0 Å². The summed E-state index contributed by atoms with van der Waals surface area (Å²) in [6.07, 6.45) is 10.3. The lowest BCUT2D eigenvalue weighted by Crippen LogP contribution is -2.07. The standard InChI is InChI=1S/C66H66O12/c1-7-43-25-49(37-55(31-43)73-19-13-67)61-62(50-26-44(8-2)32-56(38-50)74-20-14-68)64(52-28-46(10-4)34-58(40-52)76-22-16-70)66(54-30-48(12-6)36-60(42-54)78-24-18-72)65(53-29-47(11-5)35-59(41-53)77-23-17-71)63(61)51-27-45(9-3)33-57(39-51)75-21-15-69/h7-12,25-42,67-72H,1-6,13-24H2. The number of rotatable bonds is 30. The summed E-state index contributed by atoms with van der Waals surface area (Å²) in [5, 5.41) is 60.6. The second kappa shape index (κ2) is 28.1. The van der Waals surface area contributed by atoms with Crippen LogP contribution in [0.25, 0.3) is 103 Å². The topological polar surface area (TPSA) is 177 Å². The monoisotopic (exact) mass is 1050 g/mol. The van der Waals surface area contributed by atoms with Gasteiger partial charge in [-0.2, -0.15) is 0 Å². The molecule has 6 N–H and O–H groups in total. The van der Waals surface area contributed by atoms with Gasteiger partial charge in [0, 0.05) is 0 Å². The molecule has 0 unspecified atom stereocenters. The molecule has 0 atom stereocenters. The highest BCUT2D eigenvalue weighted by atomic mass is 16.5. The first-order chi connectivity index (χ1) is 38.1. The highest BCUT2D eigenvalue weighted by Crippen LogP contribution is 2.58. The second-order valence-electron chi connectivity index (χ2n) is 17.7. The molecule has 0 heterocycles. The Balaban J connectivity index is 1.97. The second-order valence-corrected chi connectivity index (χ2v) is 17.7. The number of aliphatic hydroxyl groups excluding tert-OH is 6. The number of hydrogen-bond donors (Lipinski definition) is 6. The molecule has 0 aliphatic heterocycles. The molecule has 0 amide bonds. The van der Waals surface area contributed by atoms with Crippen LogP contribution in [0.15, 0.2) is 149 Å². The van der Waals surface area contributed by atoms with Crippen molar-refractivity contribution in [3.05, 3.63) is 182 Å². The van der Waals surface area contributed by atoms with Gasteiger partial charge in [-0.3, -0.25) is 0 Å². The first-order valence-electron chi connectivity index (χ1n) is 25.4. The summed E-state index contributed by atoms with van der Waals surface area (Å²) in [6, 6.07) is 34.5. The average molecular weight is 1050 g/mol. The van der Waals surface area contributed by atoms with Crippen molar-refractivity contribution in [1.82, 2.24) is 0 Å². The van der Waals surface area contributed by atoms with Crippen LogP contribution in [0.3, 0.4) is 0 Å². The summed E-state index contributed by atoms with van der Waals surface area (Å²) in [6.45, 7) is 23.6. The van der Waals surface area contributed by atoms with Gasteiger partial charge in [0.1, 0.15) is 74.1 Å². The van der Waals surface area contributed by atoms with Crippen LogP contribution in [0.5, 0.6) is 34.5 Å². The maximum Gasteiger partial charge on any atom is 0.120 e. The highest BCUT2D eigenvalue weighted by molar-refractivity contribution is 6.16. The third kappa shape index (κ3) is 13.7. The maximum atomic E-state index is 10.1. The minimum absolute atomic E-state index is 0.00862. The average Bonchev–Trinajstić information content (AvgIpc) is 3.52. The van der Waals surface area contributed by atoms with Gasteiger partial charge in [0.2, 0.25) is 0 Å². The van der Waals surface area contributed by atoms with Crippen molar-refractivity contribution >= 4 is 36.5 Å². The predicted octanol–water partition coefficient (Wildman–Crippen LogP) is 11.8. The molecular weight excluding hydrogens is 985 g/mol. The molecule has 0 aliphatic carbocycles. The lowest BCUT2D eigenvalue weighted by atomic mass is 9.73. The van der Waals surface area contributed by atoms with E-state index in [9.17, 15) is 30.6 Å². The number of ether oxygens (including phenoxy) is 6. The van der Waals surface area contributed by atoms with E-state index in [0.29, 0.717) is 135 Å². The molecule has 0 fully saturated rings. The fourth-order valence-electron chi connectivity index (χ4n) is 9.27. The zero-order valence-electron chi connectivity index (χ0n) is 43.7. The van der Waals surface area contributed by atoms with Gasteiger partial charge in [0.15, 0.2) is 0 Å². The number of benzene rings is 7. The fourth-order valence-corrected chi connectivity index (χ4v) is 9.27. The van der Waals surface area contributed by atoms with E-state index in [4.69, 9.17) is 28.4 Å². The Kier molecular flexibility index (Phi) is 20.6. The fraction of sp³-hybridized carbons (Fsp3) is 0.182. The van der Waals surface area contributed by atoms with Crippen LogP contribution < -0.4 is 28.4 Å². The first-order valence-corrected chi connectivity index (χ1v) is 25.4. The molecule has 402 valence electrons. The van der Waals surface area contributed by atoms with Crippen molar-refractivity contribution in [2.75, 3.05) is 79.3 Å². The van der Waals surface area contributed by atoms with Gasteiger partial charge in [-0.1, -0.05) is 75.9 Å². The normalized spacial score (nSPS) is 10.8. The summed E-state index contributed by atoms with van der Waals surface area (Å²) in [5.74, 6) is 2.61. The van der Waals surface area contributed by atoms with Crippen molar-refractivity contribution in [1.29, 1.82) is 0 Å². The van der Waals surface area contributed by atoms with Gasteiger partial charge in [-0.05, 0) is 209 Å². The van der Waals surface area contributed by atoms with Gasteiger partial charge in [-0.15, -0.1) is 0 Å². The van der Waals surface area contributed by atoms with Gasteiger partial charge in [-0.25, -0.2) is 0 Å². The molecule has 12 nitrogen and oxygen atoms in total. The molecule has 0 saturated heterocycles. The van der Waals surface area contributed by atoms with Crippen molar-refractivity contribution in [3.8, 4) is 101 Å². The Morgan fingerprint density at radius 1 is 0.231 bits per heavy atom. The van der Waals surface area contributed by atoms with E-state index in [1.54, 1.807) is 36.5 Å². The molecule has 0 aliphatic rings. The predicted molar refractivity (Wildman–Crippen MR) is 315 cm³/mol. The Labute approximate surface area is 456 Å². The molecule has 7 aromatic rings. The third-order valence-corrected chi connectivity index (χ3v) is 12.4. The summed E-state index contributed by atoms with van der Waals surface area (Å²) in [5.41, 5.74) is 11.8. The minimum Gasteiger partial charge on any atom is -0.491 e. The third-order valence-electron chi connectivity index (χ3n) is 12.4. The van der Waals surface area contributed by atoms with E-state index in [-0.39, 0.29) is 79.3 Å². The Morgan fingerprint density at radius 3 is 0.487 bits per heavy atom. The van der Waals surface area contributed by atoms with E-state index >= 15 is 0 Å². The molecule has 7 aromatic carbocycles. The Bertz CT molecular complexity index is 2720. The molecule has 0 aromatic heterocycles. The highest BCUT2D eigenvalue weighted by Gasteiger charge is 2.32. The quantitative estimate of drug-likeness (QED) is 0.0252. The summed E-state index contributed by atoms with van der Waals surface area (Å²) in [7, 11) is 0. The van der Waals surface area contributed by atoms with Crippen LogP contribution in [-0.2, 0) is 0 Å². The van der Waals surface area contributed by atoms with Gasteiger partial charge < -0.3 is 59.1 Å². The summed E-state index contributed by atoms with van der Waals surface area (Å²) >= 11 is 0. The van der Waals surface area contributed by atoms with Crippen LogP contribution in [0.2, 0.25) is 0 Å². The smallest absolute Gasteiger partial charge is 0.120 e. The van der Waals surface area contributed by atoms with Crippen LogP contribution in [0, 0.1) is 0 Å². The van der Waals surface area contributed by atoms with E-state index in [0.717, 1.165) is 0 Å². The zero-order valence-corrected chi connectivity index (χ0v) is 43.7. The van der Waals surface area contributed by atoms with Crippen molar-refractivity contribution in [3.63, 3.8) is 0 Å². The molecule has 0 radical (unpaired) electrons. The molecule has 12 heteroatoms. The summed E-state index contributed by atoms with van der Waals surface area (Å²) < 4.78 is 37.6. The van der Waals surface area contributed by atoms with Gasteiger partial charge >= 0.3 is 0 Å². The van der Waals surface area contributed by atoms with Crippen LogP contribution in [0.4, 0.5) is 0 Å². The Morgan fingerprint density at radius 2 is 0.372 bits per heavy atom. The molecule has 0 bridgehead atoms. The first kappa shape index (κ1) is 57.2. The largest absolute Gasteiger partial charge is 0.491 e. The molecule has 7 rings (SSSR count). The van der Waals surface area contributed by atoms with Gasteiger partial charge in [0.05, 0.1) is 39.6 Å². The van der Waals surface area contributed by atoms with E-state index in [1.807, 2.05) is 109 Å². The van der Waals surface area contributed by atoms with Crippen LogP contribution in [0.1, 0.15) is 33.4 Å². The Hall–Kier alpha value is -8.46. The lowest BCUT2D eigenvalue weighted by molar-refractivity contribution is 0.201. The van der Waals surface area contributed by atoms with Crippen molar-refractivity contribution in [2.24, 2.45) is 0 Å². The number of aliphatic hydroxyl groups is 6. The maximum absolute atomic E-state index is 10.1. The van der Waals surface area contributed by atoms with Crippen molar-refractivity contribution in [2.45, 2.75) is 0 Å². The summed E-state index contributed by atoms with van der Waals surface area (Å²) in [4.78, 5) is 0. The number of hydrogen-bond acceptors (Lipinski definition) is 12. The molecule has 78 heavy (non-hydrogen) atoms. The zero-order chi connectivity index (χ0) is 55.6. The van der Waals surface area contributed by atoms with E-state index in [2.05, 4.69) is 39.5 Å². The molecule has 0 saturated carbocycles. The molecular formula is C66H66O12. The lowest BCUT2D eigenvalue weighted by Gasteiger charge is -2.30. The van der Waals surface area contributed by atoms with Crippen LogP contribution >= 0.6 is 0 Å². The van der Waals surface area contributed by atoms with Gasteiger partial charge in [0.25, 0.3) is 0 Å².